The first-order valence-electron chi connectivity index (χ1n) is 15.4. The molecule has 3 aromatic rings. The third-order valence-electron chi connectivity index (χ3n) is 6.67. The first kappa shape index (κ1) is 36.8. The monoisotopic (exact) mass is 657 g/mol. The van der Waals surface area contributed by atoms with Gasteiger partial charge in [-0.25, -0.2) is 19.2 Å². The van der Waals surface area contributed by atoms with Gasteiger partial charge < -0.3 is 33.8 Å². The van der Waals surface area contributed by atoms with E-state index in [0.717, 1.165) is 23.9 Å². The van der Waals surface area contributed by atoms with Crippen molar-refractivity contribution in [1.82, 2.24) is 0 Å². The molecule has 0 heterocycles. The van der Waals surface area contributed by atoms with Crippen LogP contribution < -0.4 is 14.2 Å². The molecule has 11 nitrogen and oxygen atoms in total. The number of esters is 4. The number of carbonyl (C=O) groups is 4. The minimum atomic E-state index is -0.585. The van der Waals surface area contributed by atoms with Crippen LogP contribution in [0.3, 0.4) is 0 Å². The molecule has 0 atom stereocenters. The van der Waals surface area contributed by atoms with Gasteiger partial charge in [0.05, 0.1) is 44.2 Å². The van der Waals surface area contributed by atoms with E-state index in [1.165, 1.54) is 0 Å². The normalized spacial score (nSPS) is 10.2. The highest BCUT2D eigenvalue weighted by atomic mass is 16.5. The van der Waals surface area contributed by atoms with Crippen molar-refractivity contribution in [1.29, 1.82) is 5.41 Å². The first-order valence-corrected chi connectivity index (χ1v) is 15.4. The van der Waals surface area contributed by atoms with E-state index in [2.05, 4.69) is 13.2 Å². The lowest BCUT2D eigenvalue weighted by atomic mass is 10.1. The fourth-order valence-corrected chi connectivity index (χ4v) is 4.09. The van der Waals surface area contributed by atoms with Crippen LogP contribution in [0.25, 0.3) is 0 Å². The Hall–Kier alpha value is -5.71. The molecular formula is C37H39NO10. The van der Waals surface area contributed by atoms with Crippen LogP contribution in [0.15, 0.2) is 92.0 Å². The van der Waals surface area contributed by atoms with E-state index in [-0.39, 0.29) is 12.4 Å². The molecule has 0 radical (unpaired) electrons. The van der Waals surface area contributed by atoms with Gasteiger partial charge in [0.15, 0.2) is 0 Å². The van der Waals surface area contributed by atoms with Crippen LogP contribution in [-0.4, -0.2) is 63.1 Å². The molecule has 11 heteroatoms. The summed E-state index contributed by atoms with van der Waals surface area (Å²) in [7, 11) is 0. The largest absolute Gasteiger partial charge is 0.494 e. The summed E-state index contributed by atoms with van der Waals surface area (Å²) in [5, 5.41) is 7.79. The Morgan fingerprint density at radius 1 is 0.604 bits per heavy atom. The Kier molecular flexibility index (Phi) is 15.6. The minimum Gasteiger partial charge on any atom is -0.494 e. The van der Waals surface area contributed by atoms with Crippen molar-refractivity contribution in [2.45, 2.75) is 32.1 Å². The van der Waals surface area contributed by atoms with E-state index in [9.17, 15) is 19.2 Å². The van der Waals surface area contributed by atoms with Gasteiger partial charge in [0.25, 0.3) is 0 Å². The zero-order valence-corrected chi connectivity index (χ0v) is 26.7. The molecule has 1 N–H and O–H groups in total. The average Bonchev–Trinajstić information content (AvgIpc) is 3.11. The van der Waals surface area contributed by atoms with Crippen LogP contribution in [0.4, 0.5) is 0 Å². The highest BCUT2D eigenvalue weighted by Crippen LogP contribution is 2.22. The molecule has 0 bridgehead atoms. The lowest BCUT2D eigenvalue weighted by molar-refractivity contribution is -0.138. The second-order valence-corrected chi connectivity index (χ2v) is 10.2. The van der Waals surface area contributed by atoms with Crippen molar-refractivity contribution in [3.63, 3.8) is 0 Å². The number of benzene rings is 3. The van der Waals surface area contributed by atoms with Crippen molar-refractivity contribution in [3.8, 4) is 17.2 Å². The van der Waals surface area contributed by atoms with Crippen LogP contribution in [0.2, 0.25) is 0 Å². The van der Waals surface area contributed by atoms with Crippen LogP contribution in [0.1, 0.15) is 57.5 Å². The summed E-state index contributed by atoms with van der Waals surface area (Å²) >= 11 is 0. The van der Waals surface area contributed by atoms with E-state index in [0.29, 0.717) is 86.7 Å². The fourth-order valence-electron chi connectivity index (χ4n) is 4.09. The summed E-state index contributed by atoms with van der Waals surface area (Å²) in [5.74, 6) is -0.553. The summed E-state index contributed by atoms with van der Waals surface area (Å²) in [6.45, 7) is 8.25. The number of hydrogen-bond acceptors (Lipinski definition) is 11. The molecular weight excluding hydrogens is 618 g/mol. The predicted octanol–water partition coefficient (Wildman–Crippen LogP) is 6.08. The SMILES string of the molecule is C=CC(=O)OCCCCOc1ccc(C(=O)OCCc2ccc(OC(=O)c3ccc(OCCCCOC(=O)C=C)cc3)c(C=N)c2)cc1. The molecule has 0 aromatic heterocycles. The highest BCUT2D eigenvalue weighted by Gasteiger charge is 2.13. The molecule has 0 aliphatic carbocycles. The second-order valence-electron chi connectivity index (χ2n) is 10.2. The van der Waals surface area contributed by atoms with E-state index in [1.54, 1.807) is 66.7 Å². The zero-order chi connectivity index (χ0) is 34.6. The molecule has 0 spiro atoms. The summed E-state index contributed by atoms with van der Waals surface area (Å²) in [6.07, 6.45) is 6.42. The van der Waals surface area contributed by atoms with Gasteiger partial charge in [-0.2, -0.15) is 0 Å². The Morgan fingerprint density at radius 2 is 1.10 bits per heavy atom. The van der Waals surface area contributed by atoms with Crippen molar-refractivity contribution in [2.24, 2.45) is 0 Å². The van der Waals surface area contributed by atoms with Crippen molar-refractivity contribution in [3.05, 3.63) is 114 Å². The van der Waals surface area contributed by atoms with Crippen LogP contribution in [-0.2, 0) is 30.2 Å². The molecule has 3 rings (SSSR count). The van der Waals surface area contributed by atoms with Crippen LogP contribution in [0, 0.1) is 5.41 Å². The maximum Gasteiger partial charge on any atom is 0.343 e. The number of ether oxygens (including phenoxy) is 6. The third kappa shape index (κ3) is 13.0. The molecule has 0 saturated carbocycles. The van der Waals surface area contributed by atoms with Gasteiger partial charge in [-0.15, -0.1) is 0 Å². The molecule has 0 aliphatic heterocycles. The minimum absolute atomic E-state index is 0.112. The topological polar surface area (TPSA) is 148 Å². The molecule has 0 amide bonds. The first-order chi connectivity index (χ1) is 23.3. The molecule has 252 valence electrons. The zero-order valence-electron chi connectivity index (χ0n) is 26.7. The van der Waals surface area contributed by atoms with Gasteiger partial charge >= 0.3 is 23.9 Å². The third-order valence-corrected chi connectivity index (χ3v) is 6.67. The summed E-state index contributed by atoms with van der Waals surface area (Å²) in [4.78, 5) is 47.3. The Bertz CT molecular complexity index is 1550. The lowest BCUT2D eigenvalue weighted by Gasteiger charge is -2.11. The number of hydrogen-bond donors (Lipinski definition) is 1. The quantitative estimate of drug-likeness (QED) is 0.0357. The molecule has 0 unspecified atom stereocenters. The molecule has 48 heavy (non-hydrogen) atoms. The molecule has 0 fully saturated rings. The average molecular weight is 658 g/mol. The lowest BCUT2D eigenvalue weighted by Crippen LogP contribution is -2.11. The van der Waals surface area contributed by atoms with Gasteiger partial charge in [-0.05, 0) is 91.9 Å². The Balaban J connectivity index is 1.39. The predicted molar refractivity (Wildman–Crippen MR) is 178 cm³/mol. The van der Waals surface area contributed by atoms with Crippen molar-refractivity contribution < 1.29 is 47.6 Å². The molecule has 3 aromatic carbocycles. The number of carbonyl (C=O) groups excluding carboxylic acids is 4. The number of unbranched alkanes of at least 4 members (excludes halogenated alkanes) is 2. The fraction of sp³-hybridized carbons (Fsp3) is 0.270. The Morgan fingerprint density at radius 3 is 1.60 bits per heavy atom. The molecule has 0 saturated heterocycles. The maximum atomic E-state index is 12.7. The van der Waals surface area contributed by atoms with Gasteiger partial charge in [-0.1, -0.05) is 19.2 Å². The van der Waals surface area contributed by atoms with Gasteiger partial charge in [0.1, 0.15) is 17.2 Å². The summed E-state index contributed by atoms with van der Waals surface area (Å²) < 4.78 is 32.1. The van der Waals surface area contributed by atoms with E-state index in [1.807, 2.05) is 0 Å². The van der Waals surface area contributed by atoms with Gasteiger partial charge in [0.2, 0.25) is 0 Å². The van der Waals surface area contributed by atoms with Gasteiger partial charge in [-0.3, -0.25) is 0 Å². The second kappa shape index (κ2) is 20.4. The number of nitrogens with one attached hydrogen (secondary N) is 1. The van der Waals surface area contributed by atoms with Crippen molar-refractivity contribution >= 4 is 30.1 Å². The summed E-state index contributed by atoms with van der Waals surface area (Å²) in [5.41, 5.74) is 1.89. The summed E-state index contributed by atoms with van der Waals surface area (Å²) in [6, 6.07) is 18.2. The highest BCUT2D eigenvalue weighted by molar-refractivity contribution is 5.93. The van der Waals surface area contributed by atoms with Crippen molar-refractivity contribution in [2.75, 3.05) is 33.0 Å². The van der Waals surface area contributed by atoms with E-state index >= 15 is 0 Å². The van der Waals surface area contributed by atoms with E-state index < -0.39 is 23.9 Å². The number of rotatable bonds is 21. The van der Waals surface area contributed by atoms with Gasteiger partial charge in [0, 0.05) is 30.4 Å². The smallest absolute Gasteiger partial charge is 0.343 e. The molecule has 0 aliphatic rings. The van der Waals surface area contributed by atoms with Crippen LogP contribution in [0.5, 0.6) is 17.2 Å². The Labute approximate surface area is 279 Å². The maximum absolute atomic E-state index is 12.7. The van der Waals surface area contributed by atoms with Crippen LogP contribution >= 0.6 is 0 Å². The standard InChI is InChI=1S/C37H39NO10/c1-3-34(39)45-22-7-5-20-43-31-14-10-28(11-15-31)36(41)47-24-19-27-9-18-33(30(25-27)26-38)48-37(42)29-12-16-32(17-13-29)44-21-6-8-23-46-35(40)4-2/h3-4,9-18,25-26,38H,1-2,5-8,19-24H2. The van der Waals surface area contributed by atoms with E-state index in [4.69, 9.17) is 33.8 Å².